The van der Waals surface area contributed by atoms with Crippen LogP contribution in [0.4, 0.5) is 0 Å². The van der Waals surface area contributed by atoms with Gasteiger partial charge in [-0.25, -0.2) is 0 Å². The number of hydrogen-bond donors (Lipinski definition) is 1. The van der Waals surface area contributed by atoms with E-state index in [9.17, 15) is 9.59 Å². The monoisotopic (exact) mass is 347 g/mol. The Hall–Kier alpha value is -0.850. The first-order valence-corrected chi connectivity index (χ1v) is 8.53. The number of rotatable bonds is 5. The molecule has 23 heavy (non-hydrogen) atoms. The molecular formula is C16H30ClN3O3. The smallest absolute Gasteiger partial charge is 0.225 e. The lowest BCUT2D eigenvalue weighted by molar-refractivity contribution is -0.141. The lowest BCUT2D eigenvalue weighted by Gasteiger charge is -2.34. The highest BCUT2D eigenvalue weighted by atomic mass is 35.5. The van der Waals surface area contributed by atoms with Crippen molar-refractivity contribution in [2.24, 2.45) is 5.92 Å². The molecule has 2 heterocycles. The summed E-state index contributed by atoms with van der Waals surface area (Å²) in [5, 5.41) is 3.31. The zero-order chi connectivity index (χ0) is 15.9. The Kier molecular flexibility index (Phi) is 8.87. The van der Waals surface area contributed by atoms with Crippen LogP contribution in [0.15, 0.2) is 0 Å². The number of carbonyl (C=O) groups is 2. The highest BCUT2D eigenvalue weighted by Crippen LogP contribution is 2.20. The van der Waals surface area contributed by atoms with Gasteiger partial charge in [-0.05, 0) is 26.7 Å². The molecule has 0 aromatic heterocycles. The third kappa shape index (κ3) is 5.62. The molecule has 0 spiro atoms. The van der Waals surface area contributed by atoms with Gasteiger partial charge in [0.2, 0.25) is 11.8 Å². The molecule has 0 saturated carbocycles. The average Bonchev–Trinajstić information content (AvgIpc) is 2.57. The Morgan fingerprint density at radius 3 is 2.39 bits per heavy atom. The molecule has 1 atom stereocenters. The molecule has 134 valence electrons. The number of piperidine rings is 1. The minimum absolute atomic E-state index is 0. The van der Waals surface area contributed by atoms with Crippen molar-refractivity contribution in [2.45, 2.75) is 39.2 Å². The van der Waals surface area contributed by atoms with Crippen LogP contribution >= 0.6 is 12.4 Å². The van der Waals surface area contributed by atoms with Crippen LogP contribution in [-0.4, -0.2) is 73.6 Å². The molecule has 0 aromatic carbocycles. The number of nitrogens with zero attached hydrogens (tertiary/aromatic N) is 2. The molecule has 7 heteroatoms. The second-order valence-corrected chi connectivity index (χ2v) is 6.10. The van der Waals surface area contributed by atoms with E-state index < -0.39 is 0 Å². The lowest BCUT2D eigenvalue weighted by atomic mass is 9.94. The molecule has 1 N–H and O–H groups in total. The van der Waals surface area contributed by atoms with Gasteiger partial charge in [-0.1, -0.05) is 0 Å². The fourth-order valence-electron chi connectivity index (χ4n) is 3.26. The van der Waals surface area contributed by atoms with Crippen LogP contribution in [0, 0.1) is 5.92 Å². The normalized spacial score (nSPS) is 22.3. The second kappa shape index (κ2) is 10.1. The van der Waals surface area contributed by atoms with Crippen molar-refractivity contribution < 1.29 is 14.3 Å². The SMILES string of the molecule is CCN(CC)C(=O)C1CCN(C(=O)CC2COCCN2)CC1.Cl. The number of hydrogen-bond acceptors (Lipinski definition) is 4. The van der Waals surface area contributed by atoms with E-state index in [1.807, 2.05) is 23.6 Å². The predicted molar refractivity (Wildman–Crippen MR) is 91.7 cm³/mol. The Bertz CT molecular complexity index is 377. The second-order valence-electron chi connectivity index (χ2n) is 6.10. The molecule has 0 aliphatic carbocycles. The minimum atomic E-state index is 0. The van der Waals surface area contributed by atoms with Crippen LogP contribution in [0.1, 0.15) is 33.1 Å². The van der Waals surface area contributed by atoms with Crippen LogP contribution < -0.4 is 5.32 Å². The highest BCUT2D eigenvalue weighted by molar-refractivity contribution is 5.85. The van der Waals surface area contributed by atoms with Gasteiger partial charge in [-0.3, -0.25) is 9.59 Å². The van der Waals surface area contributed by atoms with Crippen LogP contribution in [-0.2, 0) is 14.3 Å². The summed E-state index contributed by atoms with van der Waals surface area (Å²) < 4.78 is 5.39. The lowest BCUT2D eigenvalue weighted by Crippen LogP contribution is -2.48. The number of likely N-dealkylation sites (tertiary alicyclic amines) is 1. The summed E-state index contributed by atoms with van der Waals surface area (Å²) >= 11 is 0. The topological polar surface area (TPSA) is 61.9 Å². The number of amides is 2. The van der Waals surface area contributed by atoms with E-state index in [1.165, 1.54) is 0 Å². The van der Waals surface area contributed by atoms with Crippen molar-refractivity contribution in [3.8, 4) is 0 Å². The highest BCUT2D eigenvalue weighted by Gasteiger charge is 2.30. The third-order valence-electron chi connectivity index (χ3n) is 4.69. The van der Waals surface area contributed by atoms with E-state index in [0.717, 1.165) is 39.1 Å². The molecule has 0 radical (unpaired) electrons. The van der Waals surface area contributed by atoms with Gasteiger partial charge in [0, 0.05) is 51.1 Å². The van der Waals surface area contributed by atoms with Gasteiger partial charge in [0.15, 0.2) is 0 Å². The molecular weight excluding hydrogens is 318 g/mol. The third-order valence-corrected chi connectivity index (χ3v) is 4.69. The summed E-state index contributed by atoms with van der Waals surface area (Å²) in [6.45, 7) is 9.11. The van der Waals surface area contributed by atoms with E-state index >= 15 is 0 Å². The Morgan fingerprint density at radius 2 is 1.87 bits per heavy atom. The van der Waals surface area contributed by atoms with E-state index in [-0.39, 0.29) is 36.2 Å². The molecule has 2 aliphatic rings. The van der Waals surface area contributed by atoms with E-state index in [1.54, 1.807) is 0 Å². The standard InChI is InChI=1S/C16H29N3O3.ClH/c1-3-18(4-2)16(21)13-5-8-19(9-6-13)15(20)11-14-12-22-10-7-17-14;/h13-14,17H,3-12H2,1-2H3;1H. The van der Waals surface area contributed by atoms with Gasteiger partial charge < -0.3 is 19.9 Å². The molecule has 1 unspecified atom stereocenters. The molecule has 2 rings (SSSR count). The van der Waals surface area contributed by atoms with Gasteiger partial charge in [0.05, 0.1) is 13.2 Å². The number of halogens is 1. The summed E-state index contributed by atoms with van der Waals surface area (Å²) in [4.78, 5) is 28.5. The first-order valence-electron chi connectivity index (χ1n) is 8.53. The van der Waals surface area contributed by atoms with Crippen molar-refractivity contribution in [2.75, 3.05) is 45.9 Å². The van der Waals surface area contributed by atoms with Crippen molar-refractivity contribution in [3.63, 3.8) is 0 Å². The van der Waals surface area contributed by atoms with E-state index in [2.05, 4.69) is 5.32 Å². The number of nitrogens with one attached hydrogen (secondary N) is 1. The number of carbonyl (C=O) groups excluding carboxylic acids is 2. The van der Waals surface area contributed by atoms with Crippen LogP contribution in [0.5, 0.6) is 0 Å². The van der Waals surface area contributed by atoms with Gasteiger partial charge in [0.1, 0.15) is 0 Å². The maximum atomic E-state index is 12.3. The zero-order valence-electron chi connectivity index (χ0n) is 14.3. The van der Waals surface area contributed by atoms with Crippen LogP contribution in [0.3, 0.4) is 0 Å². The van der Waals surface area contributed by atoms with Crippen molar-refractivity contribution in [1.82, 2.24) is 15.1 Å². The zero-order valence-corrected chi connectivity index (χ0v) is 15.1. The van der Waals surface area contributed by atoms with Gasteiger partial charge in [0.25, 0.3) is 0 Å². The van der Waals surface area contributed by atoms with Crippen molar-refractivity contribution in [1.29, 1.82) is 0 Å². The summed E-state index contributed by atoms with van der Waals surface area (Å²) in [7, 11) is 0. The maximum Gasteiger partial charge on any atom is 0.225 e. The minimum Gasteiger partial charge on any atom is -0.378 e. The van der Waals surface area contributed by atoms with Crippen molar-refractivity contribution >= 4 is 24.2 Å². The molecule has 2 amide bonds. The predicted octanol–water partition coefficient (Wildman–Crippen LogP) is 0.894. The molecule has 2 fully saturated rings. The Balaban J connectivity index is 0.00000264. The first kappa shape index (κ1) is 20.2. The van der Waals surface area contributed by atoms with Crippen molar-refractivity contribution in [3.05, 3.63) is 0 Å². The molecule has 0 aromatic rings. The fourth-order valence-corrected chi connectivity index (χ4v) is 3.26. The summed E-state index contributed by atoms with van der Waals surface area (Å²) in [6, 6.07) is 0.135. The Morgan fingerprint density at radius 1 is 1.22 bits per heavy atom. The van der Waals surface area contributed by atoms with Crippen LogP contribution in [0.25, 0.3) is 0 Å². The van der Waals surface area contributed by atoms with Crippen LogP contribution in [0.2, 0.25) is 0 Å². The van der Waals surface area contributed by atoms with Gasteiger partial charge in [-0.2, -0.15) is 0 Å². The summed E-state index contributed by atoms with van der Waals surface area (Å²) in [6.07, 6.45) is 2.07. The molecule has 0 bridgehead atoms. The number of morpholine rings is 1. The van der Waals surface area contributed by atoms with Gasteiger partial charge in [-0.15, -0.1) is 12.4 Å². The van der Waals surface area contributed by atoms with Gasteiger partial charge >= 0.3 is 0 Å². The quantitative estimate of drug-likeness (QED) is 0.802. The maximum absolute atomic E-state index is 12.3. The molecule has 6 nitrogen and oxygen atoms in total. The molecule has 2 saturated heterocycles. The average molecular weight is 348 g/mol. The van der Waals surface area contributed by atoms with E-state index in [0.29, 0.717) is 26.1 Å². The largest absolute Gasteiger partial charge is 0.378 e. The number of ether oxygens (including phenoxy) is 1. The fraction of sp³-hybridized carbons (Fsp3) is 0.875. The van der Waals surface area contributed by atoms with E-state index in [4.69, 9.17) is 4.74 Å². The summed E-state index contributed by atoms with van der Waals surface area (Å²) in [5.74, 6) is 0.510. The Labute approximate surface area is 145 Å². The molecule has 2 aliphatic heterocycles. The first-order chi connectivity index (χ1) is 10.7. The summed E-state index contributed by atoms with van der Waals surface area (Å²) in [5.41, 5.74) is 0.